The maximum atomic E-state index is 12.7. The molecule has 0 saturated carbocycles. The minimum absolute atomic E-state index is 0.0849. The lowest BCUT2D eigenvalue weighted by Crippen LogP contribution is -2.39. The first-order valence-electron chi connectivity index (χ1n) is 13.1. The van der Waals surface area contributed by atoms with Gasteiger partial charge in [0.25, 0.3) is 11.8 Å². The maximum absolute atomic E-state index is 12.7. The number of benzene rings is 4. The van der Waals surface area contributed by atoms with Crippen LogP contribution < -0.4 is 21.2 Å². The van der Waals surface area contributed by atoms with Gasteiger partial charge in [0.2, 0.25) is 0 Å². The zero-order chi connectivity index (χ0) is 27.9. The molecule has 2 amide bonds. The minimum atomic E-state index is -0.455. The molecule has 1 saturated heterocycles. The van der Waals surface area contributed by atoms with E-state index in [0.717, 1.165) is 42.4 Å². The quantitative estimate of drug-likeness (QED) is 0.112. The van der Waals surface area contributed by atoms with Crippen LogP contribution in [0.25, 0.3) is 10.8 Å². The molecule has 4 aromatic carbocycles. The summed E-state index contributed by atoms with van der Waals surface area (Å²) in [7, 11) is 0. The Morgan fingerprint density at radius 3 is 2.60 bits per heavy atom. The normalized spacial score (nSPS) is 15.3. The van der Waals surface area contributed by atoms with Crippen LogP contribution in [0.15, 0.2) is 90.0 Å². The summed E-state index contributed by atoms with van der Waals surface area (Å²) in [4.78, 5) is 27.4. The first kappa shape index (κ1) is 26.7. The van der Waals surface area contributed by atoms with Gasteiger partial charge < -0.3 is 20.9 Å². The lowest BCUT2D eigenvalue weighted by Gasteiger charge is -2.17. The average Bonchev–Trinajstić information content (AvgIpc) is 3.40. The molecule has 0 aliphatic carbocycles. The van der Waals surface area contributed by atoms with Gasteiger partial charge in [-0.3, -0.25) is 14.5 Å². The number of amides is 2. The van der Waals surface area contributed by atoms with Crippen LogP contribution in [-0.2, 0) is 11.3 Å². The molecule has 1 atom stereocenters. The van der Waals surface area contributed by atoms with Crippen LogP contribution in [0.4, 0.5) is 5.69 Å². The SMILES string of the molecule is Nc1cc(C(=O)NN=Cc2ccc(OCC(=O)NC3CCN(Cc4ccccc4)C3)c3ccccc23)ccc1O. The van der Waals surface area contributed by atoms with Crippen LogP contribution in [0, 0.1) is 0 Å². The third kappa shape index (κ3) is 6.57. The Labute approximate surface area is 232 Å². The van der Waals surface area contributed by atoms with Crippen LogP contribution in [0.5, 0.6) is 11.5 Å². The highest BCUT2D eigenvalue weighted by Gasteiger charge is 2.24. The molecule has 0 spiro atoms. The number of hydrazone groups is 1. The fourth-order valence-corrected chi connectivity index (χ4v) is 4.80. The number of nitrogens with zero attached hydrogens (tertiary/aromatic N) is 2. The van der Waals surface area contributed by atoms with Crippen molar-refractivity contribution in [3.63, 3.8) is 0 Å². The largest absolute Gasteiger partial charge is 0.506 e. The van der Waals surface area contributed by atoms with Crippen molar-refractivity contribution >= 4 is 34.5 Å². The Balaban J connectivity index is 1.16. The predicted octanol–water partition coefficient (Wildman–Crippen LogP) is 3.66. The number of carbonyl (C=O) groups is 2. The second-order valence-corrected chi connectivity index (χ2v) is 9.73. The molecule has 40 heavy (non-hydrogen) atoms. The van der Waals surface area contributed by atoms with E-state index in [1.807, 2.05) is 48.5 Å². The summed E-state index contributed by atoms with van der Waals surface area (Å²) in [5.74, 6) is -0.110. The molecule has 1 unspecified atom stereocenters. The fraction of sp³-hybridized carbons (Fsp3) is 0.194. The Morgan fingerprint density at radius 2 is 1.80 bits per heavy atom. The standard InChI is InChI=1S/C31H31N5O4/c32-27-16-22(10-12-28(27)37)31(39)35-33-17-23-11-13-29(26-9-5-4-8-25(23)26)40-20-30(38)34-24-14-15-36(19-24)18-21-6-2-1-3-7-21/h1-13,16-17,24,37H,14-15,18-20,32H2,(H,34,38)(H,35,39). The van der Waals surface area contributed by atoms with Crippen molar-refractivity contribution in [2.75, 3.05) is 25.4 Å². The Morgan fingerprint density at radius 1 is 1.02 bits per heavy atom. The highest BCUT2D eigenvalue weighted by Crippen LogP contribution is 2.28. The van der Waals surface area contributed by atoms with E-state index in [1.54, 1.807) is 12.3 Å². The number of aromatic hydroxyl groups is 1. The van der Waals surface area contributed by atoms with Crippen molar-refractivity contribution in [3.05, 3.63) is 102 Å². The molecule has 1 aliphatic heterocycles. The van der Waals surface area contributed by atoms with Gasteiger partial charge in [-0.05, 0) is 47.7 Å². The van der Waals surface area contributed by atoms with Crippen LogP contribution in [0.1, 0.15) is 27.9 Å². The van der Waals surface area contributed by atoms with Crippen molar-refractivity contribution in [2.24, 2.45) is 5.10 Å². The molecule has 5 N–H and O–H groups in total. The maximum Gasteiger partial charge on any atom is 0.271 e. The number of nitrogens with two attached hydrogens (primary N) is 1. The summed E-state index contributed by atoms with van der Waals surface area (Å²) in [6.45, 7) is 2.55. The highest BCUT2D eigenvalue weighted by molar-refractivity contribution is 6.03. The fourth-order valence-electron chi connectivity index (χ4n) is 4.80. The van der Waals surface area contributed by atoms with Gasteiger partial charge in [-0.25, -0.2) is 5.43 Å². The van der Waals surface area contributed by atoms with E-state index in [1.165, 1.54) is 23.8 Å². The minimum Gasteiger partial charge on any atom is -0.506 e. The summed E-state index contributed by atoms with van der Waals surface area (Å²) < 4.78 is 5.92. The zero-order valence-corrected chi connectivity index (χ0v) is 21.9. The van der Waals surface area contributed by atoms with Gasteiger partial charge in [0.1, 0.15) is 11.5 Å². The summed E-state index contributed by atoms with van der Waals surface area (Å²) in [6, 6.07) is 25.9. The number of phenolic OH excluding ortho intramolecular Hbond substituents is 1. The van der Waals surface area contributed by atoms with E-state index in [9.17, 15) is 14.7 Å². The van der Waals surface area contributed by atoms with Crippen molar-refractivity contribution in [1.29, 1.82) is 0 Å². The van der Waals surface area contributed by atoms with Gasteiger partial charge in [0.15, 0.2) is 6.61 Å². The van der Waals surface area contributed by atoms with Crippen molar-refractivity contribution < 1.29 is 19.4 Å². The van der Waals surface area contributed by atoms with Crippen molar-refractivity contribution in [1.82, 2.24) is 15.6 Å². The lowest BCUT2D eigenvalue weighted by atomic mass is 10.0. The molecule has 0 aromatic heterocycles. The third-order valence-electron chi connectivity index (χ3n) is 6.82. The van der Waals surface area contributed by atoms with Crippen LogP contribution in [0.2, 0.25) is 0 Å². The highest BCUT2D eigenvalue weighted by atomic mass is 16.5. The van der Waals surface area contributed by atoms with Gasteiger partial charge >= 0.3 is 0 Å². The number of likely N-dealkylation sites (tertiary alicyclic amines) is 1. The second kappa shape index (κ2) is 12.3. The van der Waals surface area contributed by atoms with Crippen LogP contribution >= 0.6 is 0 Å². The summed E-state index contributed by atoms with van der Waals surface area (Å²) in [5.41, 5.74) is 10.6. The number of rotatable bonds is 9. The number of fused-ring (bicyclic) bond motifs is 1. The van der Waals surface area contributed by atoms with Gasteiger partial charge in [-0.1, -0.05) is 54.6 Å². The molecule has 0 bridgehead atoms. The molecule has 1 fully saturated rings. The van der Waals surface area contributed by atoms with E-state index >= 15 is 0 Å². The monoisotopic (exact) mass is 537 g/mol. The summed E-state index contributed by atoms with van der Waals surface area (Å²) in [6.07, 6.45) is 2.45. The molecular formula is C31H31N5O4. The Kier molecular flexibility index (Phi) is 8.22. The number of hydrogen-bond acceptors (Lipinski definition) is 7. The number of ether oxygens (including phenoxy) is 1. The summed E-state index contributed by atoms with van der Waals surface area (Å²) >= 11 is 0. The van der Waals surface area contributed by atoms with E-state index in [4.69, 9.17) is 10.5 Å². The molecule has 1 aliphatic rings. The molecule has 4 aromatic rings. The zero-order valence-electron chi connectivity index (χ0n) is 21.9. The Bertz CT molecular complexity index is 1540. The van der Waals surface area contributed by atoms with E-state index in [0.29, 0.717) is 5.75 Å². The average molecular weight is 538 g/mol. The molecule has 9 heteroatoms. The lowest BCUT2D eigenvalue weighted by molar-refractivity contribution is -0.123. The first-order chi connectivity index (χ1) is 19.5. The Hall–Kier alpha value is -4.89. The number of carbonyl (C=O) groups excluding carboxylic acids is 2. The van der Waals surface area contributed by atoms with Gasteiger partial charge in [0.05, 0.1) is 11.9 Å². The predicted molar refractivity (Wildman–Crippen MR) is 155 cm³/mol. The first-order valence-corrected chi connectivity index (χ1v) is 13.1. The number of hydrogen-bond donors (Lipinski definition) is 4. The number of phenols is 1. The number of nitrogen functional groups attached to an aromatic ring is 1. The van der Waals surface area contributed by atoms with Crippen molar-refractivity contribution in [3.8, 4) is 11.5 Å². The summed E-state index contributed by atoms with van der Waals surface area (Å²) in [5, 5.41) is 18.4. The molecule has 0 radical (unpaired) electrons. The van der Waals surface area contributed by atoms with E-state index < -0.39 is 5.91 Å². The van der Waals surface area contributed by atoms with Gasteiger partial charge in [0, 0.05) is 42.2 Å². The topological polar surface area (TPSA) is 129 Å². The second-order valence-electron chi connectivity index (χ2n) is 9.73. The number of anilines is 1. The van der Waals surface area contributed by atoms with Crippen LogP contribution in [-0.4, -0.2) is 53.8 Å². The smallest absolute Gasteiger partial charge is 0.271 e. The molecule has 204 valence electrons. The van der Waals surface area contributed by atoms with Gasteiger partial charge in [-0.15, -0.1) is 0 Å². The van der Waals surface area contributed by atoms with Crippen molar-refractivity contribution in [2.45, 2.75) is 19.0 Å². The molecular weight excluding hydrogens is 506 g/mol. The van der Waals surface area contributed by atoms with E-state index in [-0.39, 0.29) is 35.6 Å². The molecule has 9 nitrogen and oxygen atoms in total. The van der Waals surface area contributed by atoms with Gasteiger partial charge in [-0.2, -0.15) is 5.10 Å². The molecule has 1 heterocycles. The molecule has 5 rings (SSSR count). The van der Waals surface area contributed by atoms with Crippen LogP contribution in [0.3, 0.4) is 0 Å². The number of nitrogens with one attached hydrogen (secondary N) is 2. The van der Waals surface area contributed by atoms with E-state index in [2.05, 4.69) is 32.9 Å². The third-order valence-corrected chi connectivity index (χ3v) is 6.82.